The molecule has 0 unspecified atom stereocenters. The average Bonchev–Trinajstić information content (AvgIpc) is 2.56. The number of hydrogen-bond acceptors (Lipinski definition) is 2. The van der Waals surface area contributed by atoms with E-state index in [0.717, 1.165) is 21.9 Å². The van der Waals surface area contributed by atoms with Crippen LogP contribution >= 0.6 is 0 Å². The van der Waals surface area contributed by atoms with E-state index >= 15 is 0 Å². The lowest BCUT2D eigenvalue weighted by Gasteiger charge is -2.06. The number of rotatable bonds is 1. The van der Waals surface area contributed by atoms with Crippen molar-refractivity contribution in [3.05, 3.63) is 82.7 Å². The summed E-state index contributed by atoms with van der Waals surface area (Å²) in [4.78, 5) is 12.0. The van der Waals surface area contributed by atoms with Crippen LogP contribution in [0.1, 0.15) is 5.56 Å². The first-order valence-electron chi connectivity index (χ1n) is 7.25. The molecule has 4 rings (SSSR count). The Morgan fingerprint density at radius 1 is 0.727 bits per heavy atom. The van der Waals surface area contributed by atoms with Gasteiger partial charge in [-0.25, -0.2) is 4.79 Å². The van der Waals surface area contributed by atoms with Gasteiger partial charge < -0.3 is 4.42 Å². The van der Waals surface area contributed by atoms with Gasteiger partial charge in [-0.3, -0.25) is 0 Å². The quantitative estimate of drug-likeness (QED) is 0.367. The predicted octanol–water partition coefficient (Wildman–Crippen LogP) is 4.92. The van der Waals surface area contributed by atoms with E-state index in [1.807, 2.05) is 30.3 Å². The molecule has 0 saturated heterocycles. The summed E-state index contributed by atoms with van der Waals surface area (Å²) in [6.45, 7) is 2.08. The summed E-state index contributed by atoms with van der Waals surface area (Å²) in [7, 11) is 0. The fourth-order valence-electron chi connectivity index (χ4n) is 2.81. The van der Waals surface area contributed by atoms with Crippen LogP contribution in [0.15, 0.2) is 75.9 Å². The third kappa shape index (κ3) is 2.01. The van der Waals surface area contributed by atoms with E-state index in [1.165, 1.54) is 5.56 Å². The minimum Gasteiger partial charge on any atom is -0.422 e. The lowest BCUT2D eigenvalue weighted by Crippen LogP contribution is -1.99. The molecule has 0 radical (unpaired) electrons. The zero-order valence-corrected chi connectivity index (χ0v) is 12.2. The van der Waals surface area contributed by atoms with Gasteiger partial charge in [0.25, 0.3) is 0 Å². The van der Waals surface area contributed by atoms with E-state index in [2.05, 4.69) is 37.3 Å². The molecule has 0 aliphatic heterocycles. The molecule has 0 amide bonds. The number of aryl methyl sites for hydroxylation is 1. The van der Waals surface area contributed by atoms with Gasteiger partial charge in [0.15, 0.2) is 0 Å². The van der Waals surface area contributed by atoms with Crippen LogP contribution in [0.25, 0.3) is 32.9 Å². The van der Waals surface area contributed by atoms with Gasteiger partial charge in [-0.2, -0.15) is 0 Å². The molecule has 0 saturated carbocycles. The van der Waals surface area contributed by atoms with Gasteiger partial charge in [0.05, 0.1) is 5.39 Å². The third-order valence-corrected chi connectivity index (χ3v) is 4.00. The molecular formula is C20H14O2. The summed E-state index contributed by atoms with van der Waals surface area (Å²) in [6, 6.07) is 21.9. The number of hydrogen-bond donors (Lipinski definition) is 0. The van der Waals surface area contributed by atoms with Crippen molar-refractivity contribution in [3.8, 4) is 11.1 Å². The van der Waals surface area contributed by atoms with Crippen molar-refractivity contribution in [3.63, 3.8) is 0 Å². The fourth-order valence-corrected chi connectivity index (χ4v) is 2.81. The van der Waals surface area contributed by atoms with Crippen LogP contribution in [0.5, 0.6) is 0 Å². The zero-order valence-electron chi connectivity index (χ0n) is 12.2. The van der Waals surface area contributed by atoms with Crippen LogP contribution in [0.2, 0.25) is 0 Å². The maximum Gasteiger partial charge on any atom is 0.344 e. The van der Waals surface area contributed by atoms with Crippen molar-refractivity contribution in [1.82, 2.24) is 0 Å². The molecule has 4 aromatic rings. The smallest absolute Gasteiger partial charge is 0.344 e. The Kier molecular flexibility index (Phi) is 2.83. The van der Waals surface area contributed by atoms with E-state index in [1.54, 1.807) is 6.07 Å². The first-order chi connectivity index (χ1) is 10.7. The summed E-state index contributed by atoms with van der Waals surface area (Å²) in [5.74, 6) is 0. The highest BCUT2D eigenvalue weighted by Crippen LogP contribution is 2.28. The first kappa shape index (κ1) is 12.8. The molecule has 22 heavy (non-hydrogen) atoms. The standard InChI is InChI=1S/C20H14O2/c1-13-6-8-14(9-7-13)15-10-11-19-18(12-15)16-4-2-3-5-17(16)20(21)22-19/h2-12H,1H3. The summed E-state index contributed by atoms with van der Waals surface area (Å²) in [5, 5.41) is 2.52. The average molecular weight is 286 g/mol. The summed E-state index contributed by atoms with van der Waals surface area (Å²) < 4.78 is 5.43. The van der Waals surface area contributed by atoms with Gasteiger partial charge in [-0.1, -0.05) is 54.1 Å². The first-order valence-corrected chi connectivity index (χ1v) is 7.25. The Morgan fingerprint density at radius 2 is 1.41 bits per heavy atom. The van der Waals surface area contributed by atoms with Crippen molar-refractivity contribution >= 4 is 21.7 Å². The van der Waals surface area contributed by atoms with Crippen LogP contribution in [-0.2, 0) is 0 Å². The van der Waals surface area contributed by atoms with E-state index < -0.39 is 0 Å². The SMILES string of the molecule is Cc1ccc(-c2ccc3oc(=O)c4ccccc4c3c2)cc1. The van der Waals surface area contributed by atoms with E-state index in [-0.39, 0.29) is 5.63 Å². The normalized spacial score (nSPS) is 11.1. The summed E-state index contributed by atoms with van der Waals surface area (Å²) in [6.07, 6.45) is 0. The predicted molar refractivity (Wildman–Crippen MR) is 90.2 cm³/mol. The van der Waals surface area contributed by atoms with Gasteiger partial charge in [-0.15, -0.1) is 0 Å². The fraction of sp³-hybridized carbons (Fsp3) is 0.0500. The van der Waals surface area contributed by atoms with Gasteiger partial charge >= 0.3 is 5.63 Å². The maximum atomic E-state index is 12.0. The molecule has 0 aliphatic rings. The van der Waals surface area contributed by atoms with E-state index in [0.29, 0.717) is 11.0 Å². The molecule has 106 valence electrons. The summed E-state index contributed by atoms with van der Waals surface area (Å²) >= 11 is 0. The Hall–Kier alpha value is -2.87. The molecular weight excluding hydrogens is 272 g/mol. The highest BCUT2D eigenvalue weighted by atomic mass is 16.4. The zero-order chi connectivity index (χ0) is 15.1. The van der Waals surface area contributed by atoms with Gasteiger partial charge in [0, 0.05) is 5.39 Å². The molecule has 0 N–H and O–H groups in total. The van der Waals surface area contributed by atoms with Crippen LogP contribution in [0.4, 0.5) is 0 Å². The monoisotopic (exact) mass is 286 g/mol. The van der Waals surface area contributed by atoms with Crippen molar-refractivity contribution < 1.29 is 4.42 Å². The summed E-state index contributed by atoms with van der Waals surface area (Å²) in [5.41, 5.74) is 3.85. The van der Waals surface area contributed by atoms with Gasteiger partial charge in [0.1, 0.15) is 5.58 Å². The van der Waals surface area contributed by atoms with Crippen molar-refractivity contribution in [2.24, 2.45) is 0 Å². The van der Waals surface area contributed by atoms with Crippen LogP contribution < -0.4 is 5.63 Å². The Bertz CT molecular complexity index is 1040. The van der Waals surface area contributed by atoms with Crippen LogP contribution in [0, 0.1) is 6.92 Å². The Morgan fingerprint density at radius 3 is 2.18 bits per heavy atom. The highest BCUT2D eigenvalue weighted by molar-refractivity contribution is 6.05. The molecule has 2 heteroatoms. The third-order valence-electron chi connectivity index (χ3n) is 4.00. The largest absolute Gasteiger partial charge is 0.422 e. The molecule has 2 nitrogen and oxygen atoms in total. The van der Waals surface area contributed by atoms with Crippen molar-refractivity contribution in [1.29, 1.82) is 0 Å². The second-order valence-electron chi connectivity index (χ2n) is 5.51. The Labute approximate surface area is 127 Å². The van der Waals surface area contributed by atoms with Crippen molar-refractivity contribution in [2.75, 3.05) is 0 Å². The van der Waals surface area contributed by atoms with Gasteiger partial charge in [0.2, 0.25) is 0 Å². The lowest BCUT2D eigenvalue weighted by atomic mass is 10.0. The second-order valence-corrected chi connectivity index (χ2v) is 5.51. The van der Waals surface area contributed by atoms with Gasteiger partial charge in [-0.05, 0) is 41.6 Å². The van der Waals surface area contributed by atoms with Crippen LogP contribution in [-0.4, -0.2) is 0 Å². The maximum absolute atomic E-state index is 12.0. The minimum absolute atomic E-state index is 0.286. The molecule has 0 atom stereocenters. The van der Waals surface area contributed by atoms with E-state index in [9.17, 15) is 4.79 Å². The Balaban J connectivity index is 2.04. The molecule has 1 heterocycles. The molecule has 0 fully saturated rings. The molecule has 0 bridgehead atoms. The molecule has 1 aromatic heterocycles. The number of fused-ring (bicyclic) bond motifs is 3. The lowest BCUT2D eigenvalue weighted by molar-refractivity contribution is 0.570. The second kappa shape index (κ2) is 4.85. The van der Waals surface area contributed by atoms with E-state index in [4.69, 9.17) is 4.42 Å². The van der Waals surface area contributed by atoms with Crippen LogP contribution in [0.3, 0.4) is 0 Å². The molecule has 3 aromatic carbocycles. The highest BCUT2D eigenvalue weighted by Gasteiger charge is 2.08. The minimum atomic E-state index is -0.286. The van der Waals surface area contributed by atoms with Crippen molar-refractivity contribution in [2.45, 2.75) is 6.92 Å². The molecule has 0 aliphatic carbocycles. The molecule has 0 spiro atoms. The number of benzene rings is 3. The topological polar surface area (TPSA) is 30.2 Å².